The Morgan fingerprint density at radius 3 is 2.15 bits per heavy atom. The molecule has 1 aromatic carbocycles. The third-order valence-electron chi connectivity index (χ3n) is 2.43. The first-order chi connectivity index (χ1) is 9.05. The summed E-state index contributed by atoms with van der Waals surface area (Å²) in [6.07, 6.45) is 0.292. The van der Waals surface area contributed by atoms with Crippen LogP contribution in [0, 0.1) is 0 Å². The number of hydrogen-bond acceptors (Lipinski definition) is 3. The summed E-state index contributed by atoms with van der Waals surface area (Å²) in [7, 11) is 0. The van der Waals surface area contributed by atoms with Gasteiger partial charge in [0.1, 0.15) is 5.60 Å². The fourth-order valence-corrected chi connectivity index (χ4v) is 1.67. The molecule has 0 fully saturated rings. The van der Waals surface area contributed by atoms with E-state index in [4.69, 9.17) is 9.47 Å². The first-order valence-electron chi connectivity index (χ1n) is 6.99. The minimum Gasteiger partial charge on any atom is -0.460 e. The van der Waals surface area contributed by atoms with Crippen LogP contribution in [0.1, 0.15) is 52.7 Å². The Hall–Kier alpha value is -1.35. The summed E-state index contributed by atoms with van der Waals surface area (Å²) in [6.45, 7) is 12.2. The summed E-state index contributed by atoms with van der Waals surface area (Å²) in [5.41, 5.74) is 1.42. The normalized spacial score (nSPS) is 12.3. The van der Waals surface area contributed by atoms with Crippen LogP contribution in [0.2, 0.25) is 0 Å². The van der Waals surface area contributed by atoms with Crippen LogP contribution < -0.4 is 0 Å². The van der Waals surface area contributed by atoms with Crippen molar-refractivity contribution >= 4 is 5.97 Å². The largest absolute Gasteiger partial charge is 0.460 e. The second kappa shape index (κ2) is 6.40. The van der Waals surface area contributed by atoms with E-state index in [0.29, 0.717) is 13.0 Å². The van der Waals surface area contributed by atoms with Crippen LogP contribution in [0.25, 0.3) is 0 Å². The Morgan fingerprint density at radius 1 is 1.00 bits per heavy atom. The van der Waals surface area contributed by atoms with Crippen molar-refractivity contribution < 1.29 is 14.3 Å². The lowest BCUT2D eigenvalue weighted by molar-refractivity contribution is -0.153. The lowest BCUT2D eigenvalue weighted by atomic mass is 10.1. The highest BCUT2D eigenvalue weighted by Crippen LogP contribution is 2.15. The van der Waals surface area contributed by atoms with Gasteiger partial charge in [0.15, 0.2) is 0 Å². The molecule has 112 valence electrons. The van der Waals surface area contributed by atoms with Gasteiger partial charge in [0.2, 0.25) is 0 Å². The Morgan fingerprint density at radius 2 is 1.60 bits per heavy atom. The van der Waals surface area contributed by atoms with E-state index in [9.17, 15) is 4.79 Å². The van der Waals surface area contributed by atoms with E-state index in [1.807, 2.05) is 65.8 Å². The van der Waals surface area contributed by atoms with E-state index < -0.39 is 5.60 Å². The van der Waals surface area contributed by atoms with Gasteiger partial charge in [-0.2, -0.15) is 0 Å². The Labute approximate surface area is 122 Å². The Kier molecular flexibility index (Phi) is 5.35. The monoisotopic (exact) mass is 278 g/mol. The molecule has 0 N–H and O–H groups in total. The summed E-state index contributed by atoms with van der Waals surface area (Å²) in [6, 6.07) is 7.88. The molecular weight excluding hydrogens is 252 g/mol. The smallest absolute Gasteiger partial charge is 0.310 e. The first-order valence-corrected chi connectivity index (χ1v) is 6.99. The van der Waals surface area contributed by atoms with E-state index in [1.54, 1.807) is 0 Å². The van der Waals surface area contributed by atoms with Gasteiger partial charge in [0.05, 0.1) is 18.6 Å². The predicted octanol–water partition coefficient (Wildman–Crippen LogP) is 3.89. The van der Waals surface area contributed by atoms with Crippen molar-refractivity contribution in [2.45, 2.75) is 65.8 Å². The minimum absolute atomic E-state index is 0.166. The van der Waals surface area contributed by atoms with E-state index in [0.717, 1.165) is 11.1 Å². The number of rotatable bonds is 4. The zero-order valence-corrected chi connectivity index (χ0v) is 13.4. The summed E-state index contributed by atoms with van der Waals surface area (Å²) < 4.78 is 11.1. The standard InChI is InChI=1S/C17H26O3/c1-16(2,3)19-12-14-9-7-8-13(10-14)11-15(18)20-17(4,5)6/h7-10H,11-12H2,1-6H3. The molecule has 3 nitrogen and oxygen atoms in total. The second-order valence-electron chi connectivity index (χ2n) is 6.98. The fraction of sp³-hybridized carbons (Fsp3) is 0.588. The zero-order valence-electron chi connectivity index (χ0n) is 13.4. The van der Waals surface area contributed by atoms with Gasteiger partial charge in [0.25, 0.3) is 0 Å². The lowest BCUT2D eigenvalue weighted by Crippen LogP contribution is -2.25. The molecule has 3 heteroatoms. The average molecular weight is 278 g/mol. The fourth-order valence-electron chi connectivity index (χ4n) is 1.67. The van der Waals surface area contributed by atoms with Crippen molar-refractivity contribution in [2.75, 3.05) is 0 Å². The van der Waals surface area contributed by atoms with Gasteiger partial charge < -0.3 is 9.47 Å². The first kappa shape index (κ1) is 16.7. The number of benzene rings is 1. The molecule has 0 spiro atoms. The van der Waals surface area contributed by atoms with Crippen molar-refractivity contribution in [2.24, 2.45) is 0 Å². The van der Waals surface area contributed by atoms with Crippen LogP contribution >= 0.6 is 0 Å². The zero-order chi connectivity index (χ0) is 15.4. The van der Waals surface area contributed by atoms with Gasteiger partial charge >= 0.3 is 5.97 Å². The van der Waals surface area contributed by atoms with E-state index in [-0.39, 0.29) is 11.6 Å². The van der Waals surface area contributed by atoms with Crippen molar-refractivity contribution in [1.29, 1.82) is 0 Å². The second-order valence-corrected chi connectivity index (χ2v) is 6.98. The minimum atomic E-state index is -0.440. The van der Waals surface area contributed by atoms with Crippen LogP contribution in [0.15, 0.2) is 24.3 Å². The molecule has 0 heterocycles. The maximum Gasteiger partial charge on any atom is 0.310 e. The van der Waals surface area contributed by atoms with Crippen LogP contribution in [0.4, 0.5) is 0 Å². The number of carbonyl (C=O) groups excluding carboxylic acids is 1. The molecule has 20 heavy (non-hydrogen) atoms. The molecule has 1 rings (SSSR count). The van der Waals surface area contributed by atoms with Gasteiger partial charge in [-0.05, 0) is 52.7 Å². The molecular formula is C17H26O3. The van der Waals surface area contributed by atoms with Crippen molar-refractivity contribution in [3.05, 3.63) is 35.4 Å². The topological polar surface area (TPSA) is 35.5 Å². The van der Waals surface area contributed by atoms with Gasteiger partial charge in [-0.3, -0.25) is 4.79 Å². The molecule has 0 saturated heterocycles. The lowest BCUT2D eigenvalue weighted by Gasteiger charge is -2.20. The molecule has 0 unspecified atom stereocenters. The number of esters is 1. The molecule has 0 bridgehead atoms. The van der Waals surface area contributed by atoms with Crippen LogP contribution in [0.5, 0.6) is 0 Å². The van der Waals surface area contributed by atoms with Crippen LogP contribution in [-0.2, 0) is 27.3 Å². The van der Waals surface area contributed by atoms with E-state index in [2.05, 4.69) is 0 Å². The van der Waals surface area contributed by atoms with Gasteiger partial charge in [-0.15, -0.1) is 0 Å². The SMILES string of the molecule is CC(C)(C)OCc1cccc(CC(=O)OC(C)(C)C)c1. The van der Waals surface area contributed by atoms with Crippen LogP contribution in [-0.4, -0.2) is 17.2 Å². The highest BCUT2D eigenvalue weighted by atomic mass is 16.6. The summed E-state index contributed by atoms with van der Waals surface area (Å²) in [4.78, 5) is 11.8. The molecule has 0 aromatic heterocycles. The molecule has 0 aliphatic rings. The maximum atomic E-state index is 11.8. The Bertz CT molecular complexity index is 450. The third kappa shape index (κ3) is 7.29. The predicted molar refractivity (Wildman–Crippen MR) is 80.5 cm³/mol. The summed E-state index contributed by atoms with van der Waals surface area (Å²) >= 11 is 0. The highest BCUT2D eigenvalue weighted by molar-refractivity contribution is 5.73. The van der Waals surface area contributed by atoms with Gasteiger partial charge in [-0.1, -0.05) is 24.3 Å². The van der Waals surface area contributed by atoms with Crippen molar-refractivity contribution in [1.82, 2.24) is 0 Å². The van der Waals surface area contributed by atoms with Crippen LogP contribution in [0.3, 0.4) is 0 Å². The third-order valence-corrected chi connectivity index (χ3v) is 2.43. The number of hydrogen-bond donors (Lipinski definition) is 0. The van der Waals surface area contributed by atoms with Crippen molar-refractivity contribution in [3.63, 3.8) is 0 Å². The maximum absolute atomic E-state index is 11.8. The number of carbonyl (C=O) groups is 1. The molecule has 0 saturated carbocycles. The van der Waals surface area contributed by atoms with E-state index >= 15 is 0 Å². The molecule has 0 atom stereocenters. The Balaban J connectivity index is 2.62. The molecule has 0 amide bonds. The molecule has 1 aromatic rings. The highest BCUT2D eigenvalue weighted by Gasteiger charge is 2.16. The average Bonchev–Trinajstić information content (AvgIpc) is 2.23. The molecule has 0 aliphatic heterocycles. The summed E-state index contributed by atoms with van der Waals surface area (Å²) in [5.74, 6) is -0.202. The van der Waals surface area contributed by atoms with E-state index in [1.165, 1.54) is 0 Å². The van der Waals surface area contributed by atoms with Gasteiger partial charge in [0, 0.05) is 0 Å². The summed E-state index contributed by atoms with van der Waals surface area (Å²) in [5, 5.41) is 0. The molecule has 0 aliphatic carbocycles. The number of ether oxygens (including phenoxy) is 2. The van der Waals surface area contributed by atoms with Crippen molar-refractivity contribution in [3.8, 4) is 0 Å². The van der Waals surface area contributed by atoms with Gasteiger partial charge in [-0.25, -0.2) is 0 Å². The quantitative estimate of drug-likeness (QED) is 0.784. The molecule has 0 radical (unpaired) electrons.